The third-order valence-electron chi connectivity index (χ3n) is 1.08. The molecule has 0 unspecified atom stereocenters. The third kappa shape index (κ3) is 3.90. The van der Waals surface area contributed by atoms with E-state index < -0.39 is 13.5 Å². The van der Waals surface area contributed by atoms with Gasteiger partial charge in [-0.1, -0.05) is 13.3 Å². The number of rotatable bonds is 4. The first-order valence-electron chi connectivity index (χ1n) is 3.09. The fourth-order valence-electron chi connectivity index (χ4n) is 0.478. The van der Waals surface area contributed by atoms with Gasteiger partial charge in [0.15, 0.2) is 0 Å². The highest BCUT2D eigenvalue weighted by atomic mass is 31.2. The van der Waals surface area contributed by atoms with Gasteiger partial charge in [-0.2, -0.15) is 14.7 Å². The van der Waals surface area contributed by atoms with Crippen LogP contribution >= 0.6 is 7.94 Å². The Morgan fingerprint density at radius 3 is 2.20 bits per heavy atom. The summed E-state index contributed by atoms with van der Waals surface area (Å²) in [6.07, 6.45) is 1.43. The lowest BCUT2D eigenvalue weighted by atomic mass is 10.3. The van der Waals surface area contributed by atoms with Crippen LogP contribution in [0.5, 0.6) is 0 Å². The smallest absolute Gasteiger partial charge is 0.244 e. The molecule has 60 valence electrons. The summed E-state index contributed by atoms with van der Waals surface area (Å²) in [4.78, 5) is 35.7. The Balaban J connectivity index is 3.64. The van der Waals surface area contributed by atoms with Crippen LogP contribution in [0.3, 0.4) is 0 Å². The minimum Gasteiger partial charge on any atom is -0.244 e. The van der Waals surface area contributed by atoms with Gasteiger partial charge in [-0.3, -0.25) is 0 Å². The van der Waals surface area contributed by atoms with Gasteiger partial charge in [-0.15, -0.1) is 0 Å². The second kappa shape index (κ2) is 3.98. The second-order valence-electron chi connectivity index (χ2n) is 2.07. The zero-order chi connectivity index (χ0) is 8.20. The van der Waals surface area contributed by atoms with Crippen LogP contribution in [0.15, 0.2) is 0 Å². The first-order valence-corrected chi connectivity index (χ1v) is 4.74. The molecule has 5 heteroatoms. The minimum absolute atomic E-state index is 0.0494. The summed E-state index contributed by atoms with van der Waals surface area (Å²) >= 11 is 0. The van der Waals surface area contributed by atoms with E-state index in [0.29, 0.717) is 6.42 Å². The molecule has 0 atom stereocenters. The molecule has 0 saturated heterocycles. The molecule has 0 heterocycles. The van der Waals surface area contributed by atoms with Gasteiger partial charge in [-0.05, 0) is 6.42 Å². The maximum atomic E-state index is 10.5. The van der Waals surface area contributed by atoms with Crippen LogP contribution in [0.25, 0.3) is 0 Å². The zero-order valence-electron chi connectivity index (χ0n) is 5.82. The second-order valence-corrected chi connectivity index (χ2v) is 3.70. The highest BCUT2D eigenvalue weighted by Crippen LogP contribution is 2.46. The summed E-state index contributed by atoms with van der Waals surface area (Å²) in [6, 6.07) is 0. The lowest BCUT2D eigenvalue weighted by Crippen LogP contribution is -2.03. The number of carbonyl (C=O) groups excluding carboxylic acids is 1. The molecule has 3 N–H and O–H groups in total. The summed E-state index contributed by atoms with van der Waals surface area (Å²) in [5.41, 5.74) is -0.839. The monoisotopic (exact) mass is 167 g/mol. The first kappa shape index (κ1) is 9.98. The van der Waals surface area contributed by atoms with Crippen LogP contribution in [0.4, 0.5) is 0 Å². The molecule has 0 bridgehead atoms. The molecule has 0 aliphatic carbocycles. The van der Waals surface area contributed by atoms with E-state index in [0.717, 1.165) is 6.42 Å². The number of carbonyl (C=O) groups is 1. The van der Waals surface area contributed by atoms with Gasteiger partial charge < -0.3 is 0 Å². The van der Waals surface area contributed by atoms with E-state index in [1.165, 1.54) is 0 Å². The first-order chi connectivity index (χ1) is 4.48. The molecule has 0 rings (SSSR count). The molecular formula is C5H12O4P+. The standard InChI is InChI=1S/C5H12O4P/c1-2-3-4-5(6)10(7,8)9/h7-9H,2-4H2,1H3/q+1. The van der Waals surface area contributed by atoms with Crippen LogP contribution in [-0.4, -0.2) is 20.2 Å². The molecule has 0 aromatic heterocycles. The Kier molecular flexibility index (Phi) is 3.98. The van der Waals surface area contributed by atoms with Gasteiger partial charge in [0.25, 0.3) is 0 Å². The largest absolute Gasteiger partial charge is 0.478 e. The third-order valence-corrected chi connectivity index (χ3v) is 1.97. The van der Waals surface area contributed by atoms with E-state index in [1.54, 1.807) is 0 Å². The molecular weight excluding hydrogens is 155 g/mol. The van der Waals surface area contributed by atoms with Crippen molar-refractivity contribution in [1.29, 1.82) is 0 Å². The van der Waals surface area contributed by atoms with Crippen molar-refractivity contribution in [2.75, 3.05) is 0 Å². The van der Waals surface area contributed by atoms with Crippen molar-refractivity contribution in [3.63, 3.8) is 0 Å². The maximum absolute atomic E-state index is 10.5. The van der Waals surface area contributed by atoms with E-state index in [2.05, 4.69) is 0 Å². The Morgan fingerprint density at radius 1 is 1.40 bits per heavy atom. The van der Waals surface area contributed by atoms with Crippen molar-refractivity contribution in [3.05, 3.63) is 0 Å². The van der Waals surface area contributed by atoms with Gasteiger partial charge in [0, 0.05) is 0 Å². The molecule has 0 aliphatic rings. The molecule has 0 aliphatic heterocycles. The predicted molar refractivity (Wildman–Crippen MR) is 38.1 cm³/mol. The minimum atomic E-state index is -4.18. The van der Waals surface area contributed by atoms with Crippen molar-refractivity contribution in [2.24, 2.45) is 0 Å². The van der Waals surface area contributed by atoms with E-state index in [-0.39, 0.29) is 6.42 Å². The fourth-order valence-corrected chi connectivity index (χ4v) is 0.936. The quantitative estimate of drug-likeness (QED) is 0.531. The predicted octanol–water partition coefficient (Wildman–Crippen LogP) is 0.443. The molecule has 0 fully saturated rings. The Morgan fingerprint density at radius 2 is 1.90 bits per heavy atom. The van der Waals surface area contributed by atoms with Crippen molar-refractivity contribution in [3.8, 4) is 0 Å². The van der Waals surface area contributed by atoms with Crippen molar-refractivity contribution >= 4 is 13.5 Å². The molecule has 0 aromatic carbocycles. The van der Waals surface area contributed by atoms with E-state index >= 15 is 0 Å². The van der Waals surface area contributed by atoms with Crippen LogP contribution in [-0.2, 0) is 4.79 Å². The van der Waals surface area contributed by atoms with Crippen LogP contribution in [0.1, 0.15) is 26.2 Å². The normalized spacial score (nSPS) is 11.6. The molecule has 4 nitrogen and oxygen atoms in total. The van der Waals surface area contributed by atoms with Gasteiger partial charge in [-0.25, -0.2) is 4.79 Å². The SMILES string of the molecule is CCCCC(=O)[P+](O)(O)O. The molecule has 0 saturated carbocycles. The Hall–Kier alpha value is -0.0200. The summed E-state index contributed by atoms with van der Waals surface area (Å²) in [5.74, 6) is 0. The Labute approximate surface area is 60.1 Å². The zero-order valence-corrected chi connectivity index (χ0v) is 6.71. The van der Waals surface area contributed by atoms with Crippen molar-refractivity contribution < 1.29 is 19.5 Å². The van der Waals surface area contributed by atoms with Crippen LogP contribution < -0.4 is 0 Å². The molecule has 0 radical (unpaired) electrons. The molecule has 0 amide bonds. The average molecular weight is 167 g/mol. The average Bonchev–Trinajstić information content (AvgIpc) is 1.80. The Bertz CT molecular complexity index is 117. The van der Waals surface area contributed by atoms with Gasteiger partial charge in [0.05, 0.1) is 6.42 Å². The van der Waals surface area contributed by atoms with E-state index in [9.17, 15) is 4.79 Å². The summed E-state index contributed by atoms with van der Waals surface area (Å²) < 4.78 is 0. The summed E-state index contributed by atoms with van der Waals surface area (Å²) in [5, 5.41) is 0. The van der Waals surface area contributed by atoms with Crippen LogP contribution in [0.2, 0.25) is 0 Å². The van der Waals surface area contributed by atoms with E-state index in [1.807, 2.05) is 6.92 Å². The number of hydrogen-bond acceptors (Lipinski definition) is 4. The van der Waals surface area contributed by atoms with Crippen molar-refractivity contribution in [2.45, 2.75) is 26.2 Å². The summed E-state index contributed by atoms with van der Waals surface area (Å²) in [6.45, 7) is 1.87. The lowest BCUT2D eigenvalue weighted by Gasteiger charge is -1.99. The van der Waals surface area contributed by atoms with Crippen LogP contribution in [0, 0.1) is 0 Å². The lowest BCUT2D eigenvalue weighted by molar-refractivity contribution is -0.114. The summed E-state index contributed by atoms with van der Waals surface area (Å²) in [7, 11) is -4.18. The maximum Gasteiger partial charge on any atom is 0.478 e. The van der Waals surface area contributed by atoms with Gasteiger partial charge in [0.2, 0.25) is 0 Å². The topological polar surface area (TPSA) is 77.8 Å². The van der Waals surface area contributed by atoms with Gasteiger partial charge >= 0.3 is 13.5 Å². The molecule has 0 aromatic rings. The highest BCUT2D eigenvalue weighted by Gasteiger charge is 2.40. The fraction of sp³-hybridized carbons (Fsp3) is 0.800. The van der Waals surface area contributed by atoms with Crippen molar-refractivity contribution in [1.82, 2.24) is 0 Å². The molecule has 0 spiro atoms. The molecule has 10 heavy (non-hydrogen) atoms. The number of hydrogen-bond donors (Lipinski definition) is 3. The number of unbranched alkanes of at least 4 members (excludes halogenated alkanes) is 1. The van der Waals surface area contributed by atoms with Gasteiger partial charge in [0.1, 0.15) is 0 Å². The van der Waals surface area contributed by atoms with E-state index in [4.69, 9.17) is 14.7 Å². The highest BCUT2D eigenvalue weighted by molar-refractivity contribution is 7.76.